The highest BCUT2D eigenvalue weighted by atomic mass is 32.2. The summed E-state index contributed by atoms with van der Waals surface area (Å²) in [5.74, 6) is 0.237. The van der Waals surface area contributed by atoms with Crippen LogP contribution in [0.2, 0.25) is 0 Å². The monoisotopic (exact) mass is 414 g/mol. The lowest BCUT2D eigenvalue weighted by molar-refractivity contribution is -0.121. The third-order valence-electron chi connectivity index (χ3n) is 5.57. The van der Waals surface area contributed by atoms with Gasteiger partial charge >= 0.3 is 0 Å². The SMILES string of the molecule is Cc1nc(N)ccc1CNC(=O)Cn1c(C)cc2c(c1=O)NCN(C1CCC1)S2. The summed E-state index contributed by atoms with van der Waals surface area (Å²) in [6, 6.07) is 6.13. The van der Waals surface area contributed by atoms with E-state index in [1.54, 1.807) is 18.0 Å². The van der Waals surface area contributed by atoms with E-state index < -0.39 is 0 Å². The Kier molecular flexibility index (Phi) is 5.51. The number of nitrogens with zero attached hydrogens (tertiary/aromatic N) is 3. The standard InChI is InChI=1S/C20H26N6O2S/c1-12-8-16-19(23-11-26(29-16)15-4-3-5-15)20(28)25(12)10-18(27)22-9-14-6-7-17(21)24-13(14)2/h6-8,15,23H,3-5,9-11H2,1-2H3,(H2,21,24)(H,22,27). The van der Waals surface area contributed by atoms with Crippen LogP contribution in [0.1, 0.15) is 36.2 Å². The summed E-state index contributed by atoms with van der Waals surface area (Å²) in [5.41, 5.74) is 8.56. The summed E-state index contributed by atoms with van der Waals surface area (Å²) < 4.78 is 3.83. The summed E-state index contributed by atoms with van der Waals surface area (Å²) in [6.07, 6.45) is 3.70. The second-order valence-corrected chi connectivity index (χ2v) is 8.69. The molecular formula is C20H26N6O2S. The molecular weight excluding hydrogens is 388 g/mol. The number of anilines is 2. The normalized spacial score (nSPS) is 16.6. The number of hydrogen-bond acceptors (Lipinski definition) is 7. The minimum absolute atomic E-state index is 0.0158. The molecule has 2 aromatic heterocycles. The first kappa shape index (κ1) is 19.8. The van der Waals surface area contributed by atoms with Crippen molar-refractivity contribution >= 4 is 29.4 Å². The van der Waals surface area contributed by atoms with Gasteiger partial charge in [0.25, 0.3) is 5.56 Å². The van der Waals surface area contributed by atoms with Gasteiger partial charge in [0.1, 0.15) is 18.1 Å². The quantitative estimate of drug-likeness (QED) is 0.643. The van der Waals surface area contributed by atoms with Gasteiger partial charge in [-0.25, -0.2) is 9.29 Å². The number of aromatic nitrogens is 2. The molecule has 0 unspecified atom stereocenters. The minimum atomic E-state index is -0.217. The third-order valence-corrected chi connectivity index (χ3v) is 6.76. The van der Waals surface area contributed by atoms with Crippen molar-refractivity contribution in [1.29, 1.82) is 0 Å². The number of hydrogen-bond donors (Lipinski definition) is 3. The van der Waals surface area contributed by atoms with Crippen LogP contribution in [0.5, 0.6) is 0 Å². The van der Waals surface area contributed by atoms with Crippen LogP contribution in [0.15, 0.2) is 27.9 Å². The van der Waals surface area contributed by atoms with E-state index in [1.807, 2.05) is 26.0 Å². The molecule has 1 aliphatic carbocycles. The second kappa shape index (κ2) is 8.08. The summed E-state index contributed by atoms with van der Waals surface area (Å²) in [5, 5.41) is 6.13. The summed E-state index contributed by atoms with van der Waals surface area (Å²) in [7, 11) is 0. The van der Waals surface area contributed by atoms with E-state index >= 15 is 0 Å². The highest BCUT2D eigenvalue weighted by molar-refractivity contribution is 7.97. The summed E-state index contributed by atoms with van der Waals surface area (Å²) in [4.78, 5) is 30.6. The van der Waals surface area contributed by atoms with Gasteiger partial charge in [-0.2, -0.15) is 0 Å². The van der Waals surface area contributed by atoms with Crippen LogP contribution < -0.4 is 21.9 Å². The molecule has 9 heteroatoms. The van der Waals surface area contributed by atoms with Gasteiger partial charge in [0.15, 0.2) is 0 Å². The molecule has 1 fully saturated rings. The van der Waals surface area contributed by atoms with Crippen LogP contribution >= 0.6 is 11.9 Å². The second-order valence-electron chi connectivity index (χ2n) is 7.60. The van der Waals surface area contributed by atoms with E-state index in [4.69, 9.17) is 5.73 Å². The van der Waals surface area contributed by atoms with Crippen molar-refractivity contribution in [2.45, 2.75) is 57.1 Å². The van der Waals surface area contributed by atoms with Gasteiger partial charge in [0, 0.05) is 24.0 Å². The molecule has 0 saturated heterocycles. The number of nitrogen functional groups attached to an aromatic ring is 1. The first-order chi connectivity index (χ1) is 13.9. The van der Waals surface area contributed by atoms with Crippen molar-refractivity contribution in [2.75, 3.05) is 17.7 Å². The van der Waals surface area contributed by atoms with Crippen molar-refractivity contribution in [3.05, 3.63) is 45.5 Å². The predicted octanol–water partition coefficient (Wildman–Crippen LogP) is 2.00. The number of amides is 1. The molecule has 0 aromatic carbocycles. The molecule has 8 nitrogen and oxygen atoms in total. The maximum absolute atomic E-state index is 13.0. The number of nitrogens with two attached hydrogens (primary N) is 1. The number of nitrogens with one attached hydrogen (secondary N) is 2. The maximum Gasteiger partial charge on any atom is 0.275 e. The zero-order valence-electron chi connectivity index (χ0n) is 16.7. The first-order valence-corrected chi connectivity index (χ1v) is 10.6. The van der Waals surface area contributed by atoms with Gasteiger partial charge in [0.05, 0.1) is 11.6 Å². The molecule has 4 N–H and O–H groups in total. The van der Waals surface area contributed by atoms with Crippen molar-refractivity contribution in [2.24, 2.45) is 0 Å². The van der Waals surface area contributed by atoms with Gasteiger partial charge < -0.3 is 20.9 Å². The Morgan fingerprint density at radius 1 is 1.38 bits per heavy atom. The van der Waals surface area contributed by atoms with E-state index in [0.717, 1.165) is 21.8 Å². The Balaban J connectivity index is 1.44. The highest BCUT2D eigenvalue weighted by Gasteiger charge is 2.30. The fourth-order valence-corrected chi connectivity index (χ4v) is 4.77. The third kappa shape index (κ3) is 4.11. The highest BCUT2D eigenvalue weighted by Crippen LogP contribution is 2.38. The molecule has 154 valence electrons. The van der Waals surface area contributed by atoms with Crippen LogP contribution in [0.25, 0.3) is 0 Å². The van der Waals surface area contributed by atoms with Crippen molar-refractivity contribution < 1.29 is 4.79 Å². The smallest absolute Gasteiger partial charge is 0.275 e. The number of rotatable bonds is 5. The number of carbonyl (C=O) groups is 1. The Morgan fingerprint density at radius 3 is 2.86 bits per heavy atom. The van der Waals surface area contributed by atoms with E-state index in [1.165, 1.54) is 23.8 Å². The molecule has 4 rings (SSSR count). The molecule has 1 saturated carbocycles. The van der Waals surface area contributed by atoms with Crippen molar-refractivity contribution in [3.8, 4) is 0 Å². The largest absolute Gasteiger partial charge is 0.384 e. The lowest BCUT2D eigenvalue weighted by Gasteiger charge is -2.39. The Labute approximate surface area is 174 Å². The molecule has 2 aromatic rings. The van der Waals surface area contributed by atoms with Crippen molar-refractivity contribution in [3.63, 3.8) is 0 Å². The number of carbonyl (C=O) groups excluding carboxylic acids is 1. The Bertz CT molecular complexity index is 1000. The zero-order valence-corrected chi connectivity index (χ0v) is 17.5. The van der Waals surface area contributed by atoms with Crippen LogP contribution in [-0.4, -0.2) is 32.5 Å². The van der Waals surface area contributed by atoms with Gasteiger partial charge in [0.2, 0.25) is 5.91 Å². The molecule has 2 aliphatic rings. The van der Waals surface area contributed by atoms with Crippen LogP contribution in [0, 0.1) is 13.8 Å². The molecule has 3 heterocycles. The van der Waals surface area contributed by atoms with E-state index in [2.05, 4.69) is 19.9 Å². The lowest BCUT2D eigenvalue weighted by Crippen LogP contribution is -2.42. The number of fused-ring (bicyclic) bond motifs is 1. The minimum Gasteiger partial charge on any atom is -0.384 e. The molecule has 0 bridgehead atoms. The Morgan fingerprint density at radius 2 is 2.17 bits per heavy atom. The van der Waals surface area contributed by atoms with Crippen LogP contribution in [-0.2, 0) is 17.9 Å². The van der Waals surface area contributed by atoms with E-state index in [0.29, 0.717) is 30.8 Å². The molecule has 1 amide bonds. The van der Waals surface area contributed by atoms with Crippen molar-refractivity contribution in [1.82, 2.24) is 19.2 Å². The van der Waals surface area contributed by atoms with E-state index in [-0.39, 0.29) is 18.0 Å². The first-order valence-electron chi connectivity index (χ1n) is 9.84. The van der Waals surface area contributed by atoms with Crippen LogP contribution in [0.4, 0.5) is 11.5 Å². The topological polar surface area (TPSA) is 105 Å². The van der Waals surface area contributed by atoms with E-state index in [9.17, 15) is 9.59 Å². The Hall–Kier alpha value is -2.52. The summed E-state index contributed by atoms with van der Waals surface area (Å²) in [6.45, 7) is 4.70. The number of pyridine rings is 2. The fraction of sp³-hybridized carbons (Fsp3) is 0.450. The lowest BCUT2D eigenvalue weighted by atomic mass is 9.93. The zero-order chi connectivity index (χ0) is 20.5. The molecule has 0 spiro atoms. The average Bonchev–Trinajstić information content (AvgIpc) is 2.63. The fourth-order valence-electron chi connectivity index (χ4n) is 3.55. The van der Waals surface area contributed by atoms with Gasteiger partial charge in [-0.05, 0) is 56.3 Å². The molecule has 29 heavy (non-hydrogen) atoms. The summed E-state index contributed by atoms with van der Waals surface area (Å²) >= 11 is 1.65. The molecule has 0 radical (unpaired) electrons. The average molecular weight is 415 g/mol. The number of aryl methyl sites for hydroxylation is 2. The van der Waals surface area contributed by atoms with Gasteiger partial charge in [-0.15, -0.1) is 0 Å². The van der Waals surface area contributed by atoms with Gasteiger partial charge in [-0.3, -0.25) is 9.59 Å². The van der Waals surface area contributed by atoms with Crippen LogP contribution in [0.3, 0.4) is 0 Å². The predicted molar refractivity (Wildman–Crippen MR) is 114 cm³/mol. The maximum atomic E-state index is 13.0. The molecule has 0 atom stereocenters. The molecule has 1 aliphatic heterocycles. The van der Waals surface area contributed by atoms with Gasteiger partial charge in [-0.1, -0.05) is 12.5 Å².